The zero-order valence-corrected chi connectivity index (χ0v) is 20.6. The molecule has 2 heterocycles. The van der Waals surface area contributed by atoms with Crippen molar-refractivity contribution < 1.29 is 9.47 Å². The first-order chi connectivity index (χ1) is 14.1. The number of rotatable bonds is 7. The van der Waals surface area contributed by atoms with Gasteiger partial charge in [-0.25, -0.2) is 9.97 Å². The summed E-state index contributed by atoms with van der Waals surface area (Å²) < 4.78 is 10.9. The quantitative estimate of drug-likeness (QED) is 0.263. The van der Waals surface area contributed by atoms with Crippen LogP contribution in [0.15, 0.2) is 47.6 Å². The largest absolute Gasteiger partial charge is 0.497 e. The summed E-state index contributed by atoms with van der Waals surface area (Å²) in [6.07, 6.45) is 1.78. The number of guanidine groups is 1. The number of pyridine rings is 1. The van der Waals surface area contributed by atoms with Gasteiger partial charge in [-0.05, 0) is 43.7 Å². The molecule has 0 radical (unpaired) electrons. The molecule has 0 amide bonds. The number of nitrogens with zero attached hydrogens (tertiary/aromatic N) is 3. The summed E-state index contributed by atoms with van der Waals surface area (Å²) in [6.45, 7) is 5.35. The van der Waals surface area contributed by atoms with Gasteiger partial charge in [-0.3, -0.25) is 4.99 Å². The number of hydrogen-bond acceptors (Lipinski definition) is 6. The Labute approximate surface area is 198 Å². The molecule has 0 aliphatic carbocycles. The second-order valence-corrected chi connectivity index (χ2v) is 7.60. The number of hydrogen-bond donors (Lipinski definition) is 2. The van der Waals surface area contributed by atoms with Crippen LogP contribution in [-0.2, 0) is 13.1 Å². The number of nitrogens with one attached hydrogen (secondary N) is 2. The first-order valence-electron chi connectivity index (χ1n) is 9.21. The zero-order valence-electron chi connectivity index (χ0n) is 17.4. The highest BCUT2D eigenvalue weighted by molar-refractivity contribution is 14.0. The second-order valence-electron chi connectivity index (χ2n) is 6.31. The topological polar surface area (TPSA) is 80.7 Å². The molecule has 3 rings (SSSR count). The van der Waals surface area contributed by atoms with Gasteiger partial charge in [-0.15, -0.1) is 35.3 Å². The van der Waals surface area contributed by atoms with Gasteiger partial charge in [0, 0.05) is 30.7 Å². The highest BCUT2D eigenvalue weighted by Crippen LogP contribution is 2.22. The molecule has 0 aliphatic rings. The molecule has 3 aromatic rings. The average molecular weight is 539 g/mol. The van der Waals surface area contributed by atoms with Gasteiger partial charge in [-0.2, -0.15) is 0 Å². The lowest BCUT2D eigenvalue weighted by Crippen LogP contribution is -2.36. The van der Waals surface area contributed by atoms with Crippen LogP contribution in [0.1, 0.15) is 21.1 Å². The Bertz CT molecular complexity index is 939. The summed E-state index contributed by atoms with van der Waals surface area (Å²) in [4.78, 5) is 14.4. The number of methoxy groups -OCH3 is 1. The second kappa shape index (κ2) is 11.7. The van der Waals surface area contributed by atoms with Crippen molar-refractivity contribution in [2.75, 3.05) is 14.2 Å². The molecule has 0 saturated carbocycles. The molecular formula is C21H26IN5O2S. The first-order valence-corrected chi connectivity index (χ1v) is 10.0. The predicted octanol–water partition coefficient (Wildman–Crippen LogP) is 4.44. The highest BCUT2D eigenvalue weighted by atomic mass is 127. The van der Waals surface area contributed by atoms with E-state index in [1.165, 1.54) is 4.88 Å². The molecule has 0 fully saturated rings. The third-order valence-corrected chi connectivity index (χ3v) is 5.32. The molecule has 30 heavy (non-hydrogen) atoms. The van der Waals surface area contributed by atoms with E-state index >= 15 is 0 Å². The third kappa shape index (κ3) is 6.84. The van der Waals surface area contributed by atoms with Crippen LogP contribution in [0.5, 0.6) is 17.4 Å². The molecule has 7 nitrogen and oxygen atoms in total. The van der Waals surface area contributed by atoms with E-state index in [0.29, 0.717) is 30.7 Å². The van der Waals surface area contributed by atoms with Crippen LogP contribution < -0.4 is 20.1 Å². The van der Waals surface area contributed by atoms with E-state index in [0.717, 1.165) is 22.0 Å². The monoisotopic (exact) mass is 539 g/mol. The maximum atomic E-state index is 5.75. The first kappa shape index (κ1) is 23.9. The van der Waals surface area contributed by atoms with Gasteiger partial charge in [0.1, 0.15) is 16.5 Å². The summed E-state index contributed by atoms with van der Waals surface area (Å²) in [7, 11) is 3.38. The maximum absolute atomic E-state index is 5.75. The molecule has 2 aromatic heterocycles. The van der Waals surface area contributed by atoms with Gasteiger partial charge in [0.15, 0.2) is 5.96 Å². The lowest BCUT2D eigenvalue weighted by atomic mass is 10.3. The van der Waals surface area contributed by atoms with Gasteiger partial charge >= 0.3 is 0 Å². The van der Waals surface area contributed by atoms with Crippen molar-refractivity contribution >= 4 is 41.3 Å². The molecule has 0 atom stereocenters. The molecular weight excluding hydrogens is 513 g/mol. The van der Waals surface area contributed by atoms with Crippen LogP contribution in [-0.4, -0.2) is 30.1 Å². The number of aromatic nitrogens is 2. The summed E-state index contributed by atoms with van der Waals surface area (Å²) in [5.41, 5.74) is 2.11. The summed E-state index contributed by atoms with van der Waals surface area (Å²) in [6, 6.07) is 11.2. The molecule has 0 unspecified atom stereocenters. The van der Waals surface area contributed by atoms with E-state index in [2.05, 4.69) is 32.5 Å². The number of aliphatic imine (C=N–C) groups is 1. The fourth-order valence-electron chi connectivity index (χ4n) is 2.52. The molecule has 0 aliphatic heterocycles. The van der Waals surface area contributed by atoms with Crippen LogP contribution in [0, 0.1) is 13.8 Å². The lowest BCUT2D eigenvalue weighted by Gasteiger charge is -2.11. The van der Waals surface area contributed by atoms with Crippen LogP contribution >= 0.6 is 35.3 Å². The number of benzene rings is 1. The van der Waals surface area contributed by atoms with Gasteiger partial charge in [0.2, 0.25) is 5.88 Å². The molecule has 0 spiro atoms. The normalized spacial score (nSPS) is 10.9. The minimum atomic E-state index is 0. The van der Waals surface area contributed by atoms with Crippen molar-refractivity contribution in [2.45, 2.75) is 26.9 Å². The van der Waals surface area contributed by atoms with Gasteiger partial charge in [-0.1, -0.05) is 6.07 Å². The van der Waals surface area contributed by atoms with Gasteiger partial charge in [0.05, 0.1) is 19.3 Å². The lowest BCUT2D eigenvalue weighted by molar-refractivity contribution is 0.412. The van der Waals surface area contributed by atoms with Crippen molar-refractivity contribution in [3.8, 4) is 17.4 Å². The Hall–Kier alpha value is -2.40. The van der Waals surface area contributed by atoms with E-state index in [1.54, 1.807) is 31.7 Å². The van der Waals surface area contributed by atoms with E-state index in [-0.39, 0.29) is 24.0 Å². The number of ether oxygens (including phenoxy) is 2. The minimum Gasteiger partial charge on any atom is -0.497 e. The van der Waals surface area contributed by atoms with Crippen molar-refractivity contribution in [2.24, 2.45) is 4.99 Å². The Balaban J connectivity index is 0.00000320. The van der Waals surface area contributed by atoms with E-state index < -0.39 is 0 Å². The number of aryl methyl sites for hydroxylation is 2. The Kier molecular flexibility index (Phi) is 9.31. The Morgan fingerprint density at radius 1 is 1.03 bits per heavy atom. The standard InChI is InChI=1S/C21H25N5O2S.HI/c1-14-15(2)29-20(26-14)13-25-21(22-3)24-12-16-5-10-19(23-11-16)28-18-8-6-17(27-4)7-9-18;/h5-11H,12-13H2,1-4H3,(H2,22,24,25);1H. The molecule has 9 heteroatoms. The zero-order chi connectivity index (χ0) is 20.6. The van der Waals surface area contributed by atoms with Crippen LogP contribution in [0.25, 0.3) is 0 Å². The van der Waals surface area contributed by atoms with Crippen molar-refractivity contribution in [1.82, 2.24) is 20.6 Å². The Morgan fingerprint density at radius 3 is 2.30 bits per heavy atom. The van der Waals surface area contributed by atoms with Crippen LogP contribution in [0.4, 0.5) is 0 Å². The fourth-order valence-corrected chi connectivity index (χ4v) is 3.39. The SMILES string of the molecule is CN=C(NCc1ccc(Oc2ccc(OC)cc2)nc1)NCc1nc(C)c(C)s1.I. The molecule has 1 aromatic carbocycles. The smallest absolute Gasteiger partial charge is 0.219 e. The fraction of sp³-hybridized carbons (Fsp3) is 0.286. The highest BCUT2D eigenvalue weighted by Gasteiger charge is 2.05. The van der Waals surface area contributed by atoms with E-state index in [1.807, 2.05) is 43.3 Å². The number of thiazole rings is 1. The van der Waals surface area contributed by atoms with Crippen molar-refractivity contribution in [1.29, 1.82) is 0 Å². The average Bonchev–Trinajstić information content (AvgIpc) is 3.07. The summed E-state index contributed by atoms with van der Waals surface area (Å²) in [5, 5.41) is 7.61. The van der Waals surface area contributed by atoms with Crippen molar-refractivity contribution in [3.63, 3.8) is 0 Å². The van der Waals surface area contributed by atoms with Gasteiger partial charge < -0.3 is 20.1 Å². The van der Waals surface area contributed by atoms with Crippen molar-refractivity contribution in [3.05, 3.63) is 63.7 Å². The van der Waals surface area contributed by atoms with E-state index in [4.69, 9.17) is 9.47 Å². The molecule has 0 bridgehead atoms. The Morgan fingerprint density at radius 2 is 1.73 bits per heavy atom. The maximum Gasteiger partial charge on any atom is 0.219 e. The molecule has 2 N–H and O–H groups in total. The minimum absolute atomic E-state index is 0. The predicted molar refractivity (Wildman–Crippen MR) is 131 cm³/mol. The summed E-state index contributed by atoms with van der Waals surface area (Å²) in [5.74, 6) is 2.75. The van der Waals surface area contributed by atoms with Crippen LogP contribution in [0.2, 0.25) is 0 Å². The van der Waals surface area contributed by atoms with E-state index in [9.17, 15) is 0 Å². The summed E-state index contributed by atoms with van der Waals surface area (Å²) >= 11 is 1.70. The van der Waals surface area contributed by atoms with Crippen LogP contribution in [0.3, 0.4) is 0 Å². The third-order valence-electron chi connectivity index (χ3n) is 4.24. The van der Waals surface area contributed by atoms with Gasteiger partial charge in [0.25, 0.3) is 0 Å². The molecule has 0 saturated heterocycles. The molecule has 160 valence electrons. The number of halogens is 1.